The normalized spacial score (nSPS) is 12.0. The maximum absolute atomic E-state index is 12.1. The molecule has 0 bridgehead atoms. The highest BCUT2D eigenvalue weighted by atomic mass is 79.9. The topological polar surface area (TPSA) is 63.4 Å². The molecule has 1 rings (SSSR count). The van der Waals surface area contributed by atoms with Crippen molar-refractivity contribution in [3.63, 3.8) is 0 Å². The second-order valence-corrected chi connectivity index (χ2v) is 7.24. The Morgan fingerprint density at radius 3 is 2.39 bits per heavy atom. The van der Waals surface area contributed by atoms with Crippen molar-refractivity contribution in [3.8, 4) is 0 Å². The summed E-state index contributed by atoms with van der Waals surface area (Å²) in [4.78, 5) is 2.36. The van der Waals surface area contributed by atoms with Crippen LogP contribution >= 0.6 is 15.9 Å². The van der Waals surface area contributed by atoms with Gasteiger partial charge in [0.2, 0.25) is 0 Å². The van der Waals surface area contributed by atoms with E-state index < -0.39 is 9.84 Å². The molecule has 0 aromatic heterocycles. The summed E-state index contributed by atoms with van der Waals surface area (Å²) in [5.41, 5.74) is 5.41. The summed E-state index contributed by atoms with van der Waals surface area (Å²) >= 11 is 3.29. The first kappa shape index (κ1) is 15.6. The Bertz CT molecular complexity index is 459. The molecule has 102 valence electrons. The third-order valence-corrected chi connectivity index (χ3v) is 4.90. The maximum atomic E-state index is 12.1. The van der Waals surface area contributed by atoms with E-state index in [9.17, 15) is 8.42 Å². The smallest absolute Gasteiger partial charge is 0.179 e. The highest BCUT2D eigenvalue weighted by molar-refractivity contribution is 9.10. The molecule has 0 radical (unpaired) electrons. The van der Waals surface area contributed by atoms with Crippen LogP contribution in [-0.4, -0.2) is 45.8 Å². The Hall–Kier alpha value is -0.430. The van der Waals surface area contributed by atoms with Gasteiger partial charge in [-0.25, -0.2) is 8.42 Å². The predicted octanol–water partition coefficient (Wildman–Crippen LogP) is 1.50. The van der Waals surface area contributed by atoms with Crippen molar-refractivity contribution in [1.29, 1.82) is 0 Å². The van der Waals surface area contributed by atoms with Crippen LogP contribution in [0.25, 0.3) is 0 Å². The third kappa shape index (κ3) is 5.06. The van der Waals surface area contributed by atoms with Gasteiger partial charge in [0.05, 0.1) is 10.6 Å². The highest BCUT2D eigenvalue weighted by Crippen LogP contribution is 2.15. The fourth-order valence-corrected chi connectivity index (χ4v) is 3.11. The Labute approximate surface area is 117 Å². The number of rotatable bonds is 7. The summed E-state index contributed by atoms with van der Waals surface area (Å²) < 4.78 is 25.0. The molecule has 0 aliphatic heterocycles. The van der Waals surface area contributed by atoms with Gasteiger partial charge in [-0.15, -0.1) is 0 Å². The third-order valence-electron chi connectivity index (χ3n) is 2.66. The number of hydrogen-bond acceptors (Lipinski definition) is 4. The van der Waals surface area contributed by atoms with Crippen LogP contribution in [0.5, 0.6) is 0 Å². The van der Waals surface area contributed by atoms with Crippen LogP contribution in [0.1, 0.15) is 6.42 Å². The van der Waals surface area contributed by atoms with Crippen molar-refractivity contribution < 1.29 is 8.42 Å². The molecule has 0 amide bonds. The number of nitrogens with two attached hydrogens (primary N) is 1. The molecule has 0 saturated heterocycles. The van der Waals surface area contributed by atoms with Gasteiger partial charge in [-0.3, -0.25) is 0 Å². The number of sulfone groups is 1. The Balaban J connectivity index is 2.57. The first-order chi connectivity index (χ1) is 8.45. The lowest BCUT2D eigenvalue weighted by molar-refractivity contribution is 0.350. The molecule has 0 heterocycles. The van der Waals surface area contributed by atoms with Crippen LogP contribution in [0.3, 0.4) is 0 Å². The average molecular weight is 335 g/mol. The van der Waals surface area contributed by atoms with Gasteiger partial charge in [-0.2, -0.15) is 0 Å². The second-order valence-electron chi connectivity index (χ2n) is 4.22. The first-order valence-electron chi connectivity index (χ1n) is 5.82. The van der Waals surface area contributed by atoms with E-state index in [2.05, 4.69) is 15.9 Å². The van der Waals surface area contributed by atoms with E-state index in [0.29, 0.717) is 18.0 Å². The quantitative estimate of drug-likeness (QED) is 0.820. The molecular formula is C12H19BrN2O2S. The maximum Gasteiger partial charge on any atom is 0.179 e. The lowest BCUT2D eigenvalue weighted by atomic mass is 10.4. The summed E-state index contributed by atoms with van der Waals surface area (Å²) in [6.45, 7) is 1.98. The fourth-order valence-electron chi connectivity index (χ4n) is 1.51. The highest BCUT2D eigenvalue weighted by Gasteiger charge is 2.14. The van der Waals surface area contributed by atoms with E-state index in [1.54, 1.807) is 24.3 Å². The lowest BCUT2D eigenvalue weighted by Crippen LogP contribution is -2.27. The summed E-state index contributed by atoms with van der Waals surface area (Å²) in [5, 5.41) is 0. The Kier molecular flexibility index (Phi) is 6.28. The van der Waals surface area contributed by atoms with Gasteiger partial charge in [-0.1, -0.05) is 15.9 Å². The zero-order valence-corrected chi connectivity index (χ0v) is 12.9. The standard InChI is InChI=1S/C12H19BrN2O2S/c1-15(8-2-7-14)9-10-18(16,17)12-5-3-11(13)4-6-12/h3-6H,2,7-10,14H2,1H3. The van der Waals surface area contributed by atoms with Crippen LogP contribution in [0.4, 0.5) is 0 Å². The van der Waals surface area contributed by atoms with E-state index in [1.807, 2.05) is 11.9 Å². The molecule has 0 unspecified atom stereocenters. The number of halogens is 1. The fraction of sp³-hybridized carbons (Fsp3) is 0.500. The van der Waals surface area contributed by atoms with Crippen molar-refractivity contribution >= 4 is 25.8 Å². The van der Waals surface area contributed by atoms with Gasteiger partial charge in [0.1, 0.15) is 0 Å². The van der Waals surface area contributed by atoms with Crippen LogP contribution in [0, 0.1) is 0 Å². The van der Waals surface area contributed by atoms with E-state index in [4.69, 9.17) is 5.73 Å². The zero-order valence-electron chi connectivity index (χ0n) is 10.5. The predicted molar refractivity (Wildman–Crippen MR) is 77.4 cm³/mol. The van der Waals surface area contributed by atoms with Gasteiger partial charge in [0.25, 0.3) is 0 Å². The zero-order chi connectivity index (χ0) is 13.6. The van der Waals surface area contributed by atoms with Gasteiger partial charge in [0.15, 0.2) is 9.84 Å². The molecule has 0 aliphatic rings. The van der Waals surface area contributed by atoms with E-state index in [-0.39, 0.29) is 5.75 Å². The molecule has 2 N–H and O–H groups in total. The van der Waals surface area contributed by atoms with Gasteiger partial charge < -0.3 is 10.6 Å². The average Bonchev–Trinajstić information content (AvgIpc) is 2.34. The second kappa shape index (κ2) is 7.23. The number of benzene rings is 1. The minimum atomic E-state index is -3.19. The van der Waals surface area contributed by atoms with Crippen molar-refractivity contribution in [1.82, 2.24) is 4.90 Å². The molecular weight excluding hydrogens is 316 g/mol. The molecule has 4 nitrogen and oxygen atoms in total. The van der Waals surface area contributed by atoms with Crippen LogP contribution in [0.2, 0.25) is 0 Å². The van der Waals surface area contributed by atoms with E-state index in [0.717, 1.165) is 17.4 Å². The van der Waals surface area contributed by atoms with Crippen LogP contribution < -0.4 is 5.73 Å². The summed E-state index contributed by atoms with van der Waals surface area (Å²) in [7, 11) is -1.28. The van der Waals surface area contributed by atoms with Crippen molar-refractivity contribution in [2.24, 2.45) is 5.73 Å². The first-order valence-corrected chi connectivity index (χ1v) is 8.27. The van der Waals surface area contributed by atoms with Crippen molar-refractivity contribution in [2.75, 3.05) is 32.4 Å². The number of nitrogens with zero attached hydrogens (tertiary/aromatic N) is 1. The van der Waals surface area contributed by atoms with Gasteiger partial charge in [-0.05, 0) is 50.8 Å². The molecule has 0 atom stereocenters. The minimum absolute atomic E-state index is 0.135. The van der Waals surface area contributed by atoms with Crippen molar-refractivity contribution in [2.45, 2.75) is 11.3 Å². The minimum Gasteiger partial charge on any atom is -0.330 e. The molecule has 0 spiro atoms. The van der Waals surface area contributed by atoms with Crippen molar-refractivity contribution in [3.05, 3.63) is 28.7 Å². The lowest BCUT2D eigenvalue weighted by Gasteiger charge is -2.15. The van der Waals surface area contributed by atoms with Gasteiger partial charge in [0, 0.05) is 11.0 Å². The van der Waals surface area contributed by atoms with Crippen LogP contribution in [-0.2, 0) is 9.84 Å². The Morgan fingerprint density at radius 1 is 1.22 bits per heavy atom. The molecule has 1 aromatic carbocycles. The van der Waals surface area contributed by atoms with E-state index >= 15 is 0 Å². The molecule has 18 heavy (non-hydrogen) atoms. The summed E-state index contributed by atoms with van der Waals surface area (Å²) in [6, 6.07) is 6.73. The largest absolute Gasteiger partial charge is 0.330 e. The Morgan fingerprint density at radius 2 is 1.83 bits per heavy atom. The molecule has 1 aromatic rings. The molecule has 0 fully saturated rings. The SMILES string of the molecule is CN(CCCN)CCS(=O)(=O)c1ccc(Br)cc1. The van der Waals surface area contributed by atoms with Crippen LogP contribution in [0.15, 0.2) is 33.6 Å². The monoisotopic (exact) mass is 334 g/mol. The number of hydrogen-bond donors (Lipinski definition) is 1. The van der Waals surface area contributed by atoms with E-state index in [1.165, 1.54) is 0 Å². The molecule has 6 heteroatoms. The van der Waals surface area contributed by atoms with Gasteiger partial charge >= 0.3 is 0 Å². The molecule has 0 aliphatic carbocycles. The summed E-state index contributed by atoms with van der Waals surface area (Å²) in [5.74, 6) is 0.135. The summed E-state index contributed by atoms with van der Waals surface area (Å²) in [6.07, 6.45) is 0.884. The molecule has 0 saturated carbocycles.